The average molecular weight is 286 g/mol. The molecule has 0 saturated carbocycles. The zero-order valence-electron chi connectivity index (χ0n) is 11.7. The molecule has 0 amide bonds. The van der Waals surface area contributed by atoms with Crippen molar-refractivity contribution >= 4 is 10.0 Å². The lowest BCUT2D eigenvalue weighted by atomic mass is 10.0. The molecule has 1 aliphatic heterocycles. The topological polar surface area (TPSA) is 76.0 Å². The maximum Gasteiger partial charge on any atom is 0.244 e. The molecule has 7 heteroatoms. The summed E-state index contributed by atoms with van der Waals surface area (Å²) in [6.45, 7) is 5.90. The molecule has 0 bridgehead atoms. The fraction of sp³-hybridized carbons (Fsp3) is 0.750. The molecular formula is C12H22N4O2S. The maximum atomic E-state index is 12.3. The Balaban J connectivity index is 2.09. The van der Waals surface area contributed by atoms with Gasteiger partial charge in [-0.1, -0.05) is 0 Å². The highest BCUT2D eigenvalue weighted by atomic mass is 32.2. The van der Waals surface area contributed by atoms with Gasteiger partial charge in [0.2, 0.25) is 10.0 Å². The number of aryl methyl sites for hydroxylation is 2. The first-order chi connectivity index (χ1) is 8.92. The van der Waals surface area contributed by atoms with Gasteiger partial charge in [0.05, 0.1) is 11.4 Å². The van der Waals surface area contributed by atoms with Crippen molar-refractivity contribution in [2.75, 3.05) is 19.6 Å². The number of hydrogen-bond donors (Lipinski definition) is 2. The smallest absolute Gasteiger partial charge is 0.244 e. The van der Waals surface area contributed by atoms with Gasteiger partial charge in [-0.2, -0.15) is 5.10 Å². The number of hydrogen-bond acceptors (Lipinski definition) is 4. The van der Waals surface area contributed by atoms with Gasteiger partial charge in [0, 0.05) is 13.6 Å². The Hall–Kier alpha value is -0.920. The van der Waals surface area contributed by atoms with E-state index in [-0.39, 0.29) is 0 Å². The third kappa shape index (κ3) is 3.16. The zero-order chi connectivity index (χ0) is 14.0. The summed E-state index contributed by atoms with van der Waals surface area (Å²) in [5.74, 6) is 0.376. The first-order valence-corrected chi connectivity index (χ1v) is 8.10. The van der Waals surface area contributed by atoms with Crippen LogP contribution in [0.5, 0.6) is 0 Å². The average Bonchev–Trinajstić information content (AvgIpc) is 2.63. The minimum absolute atomic E-state index is 0.318. The Morgan fingerprint density at radius 1 is 1.47 bits per heavy atom. The minimum Gasteiger partial charge on any atom is -0.316 e. The van der Waals surface area contributed by atoms with Gasteiger partial charge in [0.25, 0.3) is 0 Å². The van der Waals surface area contributed by atoms with Crippen LogP contribution in [0.3, 0.4) is 0 Å². The second-order valence-corrected chi connectivity index (χ2v) is 6.89. The predicted molar refractivity (Wildman–Crippen MR) is 73.5 cm³/mol. The van der Waals surface area contributed by atoms with Crippen LogP contribution in [0.25, 0.3) is 0 Å². The van der Waals surface area contributed by atoms with E-state index in [1.165, 1.54) is 0 Å². The van der Waals surface area contributed by atoms with Crippen LogP contribution in [0.1, 0.15) is 24.2 Å². The molecular weight excluding hydrogens is 264 g/mol. The molecule has 1 fully saturated rings. The third-order valence-electron chi connectivity index (χ3n) is 3.67. The van der Waals surface area contributed by atoms with Crippen molar-refractivity contribution in [2.45, 2.75) is 31.6 Å². The standard InChI is InChI=1S/C12H22N4O2S/c1-9-12(10(2)16(3)15-9)19(17,18)14-8-11-5-4-6-13-7-11/h11,13-14H,4-8H2,1-3H3/t11-/m1/s1. The molecule has 0 aromatic carbocycles. The van der Waals surface area contributed by atoms with E-state index in [0.717, 1.165) is 25.9 Å². The highest BCUT2D eigenvalue weighted by Crippen LogP contribution is 2.19. The lowest BCUT2D eigenvalue weighted by Gasteiger charge is -2.22. The molecule has 108 valence electrons. The molecule has 0 unspecified atom stereocenters. The number of piperidine rings is 1. The van der Waals surface area contributed by atoms with Crippen LogP contribution in [0, 0.1) is 19.8 Å². The third-order valence-corrected chi connectivity index (χ3v) is 5.35. The van der Waals surface area contributed by atoms with Crippen molar-refractivity contribution in [1.29, 1.82) is 0 Å². The van der Waals surface area contributed by atoms with E-state index >= 15 is 0 Å². The highest BCUT2D eigenvalue weighted by Gasteiger charge is 2.24. The number of nitrogens with zero attached hydrogens (tertiary/aromatic N) is 2. The van der Waals surface area contributed by atoms with E-state index in [4.69, 9.17) is 0 Å². The van der Waals surface area contributed by atoms with Gasteiger partial charge in [-0.15, -0.1) is 0 Å². The molecule has 0 aliphatic carbocycles. The summed E-state index contributed by atoms with van der Waals surface area (Å²) in [6, 6.07) is 0. The molecule has 0 spiro atoms. The number of aromatic nitrogens is 2. The van der Waals surface area contributed by atoms with Crippen LogP contribution in [0.2, 0.25) is 0 Å². The van der Waals surface area contributed by atoms with E-state index in [0.29, 0.717) is 28.7 Å². The predicted octanol–water partition coefficient (Wildman–Crippen LogP) is 0.315. The Morgan fingerprint density at radius 3 is 2.74 bits per heavy atom. The van der Waals surface area contributed by atoms with Crippen LogP contribution >= 0.6 is 0 Å². The summed E-state index contributed by atoms with van der Waals surface area (Å²) >= 11 is 0. The minimum atomic E-state index is -3.46. The van der Waals surface area contributed by atoms with Gasteiger partial charge in [-0.05, 0) is 45.7 Å². The number of nitrogens with one attached hydrogen (secondary N) is 2. The first-order valence-electron chi connectivity index (χ1n) is 6.62. The van der Waals surface area contributed by atoms with Crippen molar-refractivity contribution in [3.05, 3.63) is 11.4 Å². The lowest BCUT2D eigenvalue weighted by molar-refractivity contribution is 0.376. The molecule has 2 N–H and O–H groups in total. The Kier molecular flexibility index (Phi) is 4.27. The van der Waals surface area contributed by atoms with Gasteiger partial charge >= 0.3 is 0 Å². The molecule has 1 aromatic rings. The zero-order valence-corrected chi connectivity index (χ0v) is 12.5. The fourth-order valence-corrected chi connectivity index (χ4v) is 4.09. The monoisotopic (exact) mass is 286 g/mol. The molecule has 2 rings (SSSR count). The molecule has 1 saturated heterocycles. The van der Waals surface area contributed by atoms with Crippen LogP contribution in [0.15, 0.2) is 4.90 Å². The Labute approximate surface area is 114 Å². The van der Waals surface area contributed by atoms with E-state index in [2.05, 4.69) is 15.1 Å². The van der Waals surface area contributed by atoms with Gasteiger partial charge in [0.15, 0.2) is 0 Å². The molecule has 2 heterocycles. The summed E-state index contributed by atoms with van der Waals surface area (Å²) in [7, 11) is -1.70. The number of sulfonamides is 1. The van der Waals surface area contributed by atoms with Crippen LogP contribution in [-0.4, -0.2) is 37.8 Å². The first kappa shape index (κ1) is 14.5. The van der Waals surface area contributed by atoms with E-state index in [1.807, 2.05) is 0 Å². The molecule has 1 aromatic heterocycles. The SMILES string of the molecule is Cc1nn(C)c(C)c1S(=O)(=O)NC[C@@H]1CCCNC1. The van der Waals surface area contributed by atoms with Crippen molar-refractivity contribution < 1.29 is 8.42 Å². The fourth-order valence-electron chi connectivity index (χ4n) is 2.54. The van der Waals surface area contributed by atoms with Gasteiger partial charge < -0.3 is 5.32 Å². The van der Waals surface area contributed by atoms with Crippen LogP contribution < -0.4 is 10.0 Å². The van der Waals surface area contributed by atoms with Crippen molar-refractivity contribution in [1.82, 2.24) is 19.8 Å². The van der Waals surface area contributed by atoms with Crippen molar-refractivity contribution in [3.8, 4) is 0 Å². The normalized spacial score (nSPS) is 20.7. The van der Waals surface area contributed by atoms with Crippen LogP contribution in [0.4, 0.5) is 0 Å². The Morgan fingerprint density at radius 2 is 2.21 bits per heavy atom. The summed E-state index contributed by atoms with van der Waals surface area (Å²) in [5.41, 5.74) is 1.22. The van der Waals surface area contributed by atoms with E-state index in [1.54, 1.807) is 25.6 Å². The number of rotatable bonds is 4. The van der Waals surface area contributed by atoms with Gasteiger partial charge in [0.1, 0.15) is 4.90 Å². The molecule has 1 aliphatic rings. The molecule has 19 heavy (non-hydrogen) atoms. The second-order valence-electron chi connectivity index (χ2n) is 5.19. The maximum absolute atomic E-state index is 12.3. The van der Waals surface area contributed by atoms with Crippen LogP contribution in [-0.2, 0) is 17.1 Å². The molecule has 6 nitrogen and oxygen atoms in total. The summed E-state index contributed by atoms with van der Waals surface area (Å²) in [5, 5.41) is 7.44. The second kappa shape index (κ2) is 5.60. The Bertz CT molecular complexity index is 544. The summed E-state index contributed by atoms with van der Waals surface area (Å²) < 4.78 is 29.0. The molecule has 0 radical (unpaired) electrons. The van der Waals surface area contributed by atoms with E-state index < -0.39 is 10.0 Å². The highest BCUT2D eigenvalue weighted by molar-refractivity contribution is 7.89. The quantitative estimate of drug-likeness (QED) is 0.835. The summed E-state index contributed by atoms with van der Waals surface area (Å²) in [6.07, 6.45) is 2.18. The van der Waals surface area contributed by atoms with Gasteiger partial charge in [-0.25, -0.2) is 13.1 Å². The lowest BCUT2D eigenvalue weighted by Crippen LogP contribution is -2.38. The summed E-state index contributed by atoms with van der Waals surface area (Å²) in [4.78, 5) is 0.318. The largest absolute Gasteiger partial charge is 0.316 e. The van der Waals surface area contributed by atoms with Crippen molar-refractivity contribution in [3.63, 3.8) is 0 Å². The van der Waals surface area contributed by atoms with Gasteiger partial charge in [-0.3, -0.25) is 4.68 Å². The van der Waals surface area contributed by atoms with E-state index in [9.17, 15) is 8.42 Å². The van der Waals surface area contributed by atoms with Crippen molar-refractivity contribution in [2.24, 2.45) is 13.0 Å². The molecule has 1 atom stereocenters.